The maximum absolute atomic E-state index is 13.9. The van der Waals surface area contributed by atoms with E-state index in [1.165, 1.54) is 12.1 Å². The van der Waals surface area contributed by atoms with Gasteiger partial charge in [-0.05, 0) is 24.1 Å². The number of hydrogen-bond acceptors (Lipinski definition) is 4. The van der Waals surface area contributed by atoms with Crippen molar-refractivity contribution in [3.63, 3.8) is 0 Å². The van der Waals surface area contributed by atoms with Gasteiger partial charge in [0.25, 0.3) is 0 Å². The molecule has 118 valence electrons. The van der Waals surface area contributed by atoms with E-state index < -0.39 is 17.9 Å². The zero-order valence-electron chi connectivity index (χ0n) is 12.4. The Morgan fingerprint density at radius 2 is 2.24 bits per heavy atom. The summed E-state index contributed by atoms with van der Waals surface area (Å²) in [6, 6.07) is 4.53. The summed E-state index contributed by atoms with van der Waals surface area (Å²) >= 11 is 0. The minimum absolute atomic E-state index is 0.0310. The summed E-state index contributed by atoms with van der Waals surface area (Å²) in [6.45, 7) is 3.62. The molecule has 0 fully saturated rings. The van der Waals surface area contributed by atoms with Crippen LogP contribution in [-0.2, 0) is 16.1 Å². The molecule has 1 aromatic carbocycles. The molecule has 0 aliphatic rings. The smallest absolute Gasteiger partial charge is 0.344 e. The summed E-state index contributed by atoms with van der Waals surface area (Å²) < 4.78 is 24.0. The molecule has 1 unspecified atom stereocenters. The number of benzene rings is 1. The second-order valence-corrected chi connectivity index (χ2v) is 4.67. The third kappa shape index (κ3) is 6.10. The number of methoxy groups -OCH3 is 1. The van der Waals surface area contributed by atoms with Gasteiger partial charge in [-0.3, -0.25) is 0 Å². The molecule has 0 aliphatic heterocycles. The van der Waals surface area contributed by atoms with E-state index in [4.69, 9.17) is 14.6 Å². The molecule has 0 saturated carbocycles. The van der Waals surface area contributed by atoms with Crippen LogP contribution in [0.3, 0.4) is 0 Å². The van der Waals surface area contributed by atoms with Crippen LogP contribution >= 0.6 is 0 Å². The zero-order valence-corrected chi connectivity index (χ0v) is 12.4. The number of carboxylic acids is 1. The Bertz CT molecular complexity index is 453. The number of halogens is 1. The van der Waals surface area contributed by atoms with Crippen LogP contribution in [-0.4, -0.2) is 37.4 Å². The molecule has 0 aliphatic carbocycles. The average molecular weight is 299 g/mol. The highest BCUT2D eigenvalue weighted by Crippen LogP contribution is 2.21. The zero-order chi connectivity index (χ0) is 15.7. The molecule has 0 aromatic heterocycles. The molecule has 2 N–H and O–H groups in total. The van der Waals surface area contributed by atoms with Gasteiger partial charge in [-0.2, -0.15) is 0 Å². The van der Waals surface area contributed by atoms with Gasteiger partial charge in [0.2, 0.25) is 0 Å². The van der Waals surface area contributed by atoms with Crippen LogP contribution in [0.15, 0.2) is 18.2 Å². The Hall–Kier alpha value is -1.66. The van der Waals surface area contributed by atoms with Crippen molar-refractivity contribution in [1.29, 1.82) is 0 Å². The van der Waals surface area contributed by atoms with E-state index in [2.05, 4.69) is 5.32 Å². The Morgan fingerprint density at radius 1 is 1.48 bits per heavy atom. The lowest BCUT2D eigenvalue weighted by Crippen LogP contribution is -2.27. The highest BCUT2D eigenvalue weighted by molar-refractivity contribution is 5.72. The predicted molar refractivity (Wildman–Crippen MR) is 76.9 cm³/mol. The van der Waals surface area contributed by atoms with Crippen molar-refractivity contribution in [2.75, 3.05) is 20.3 Å². The quantitative estimate of drug-likeness (QED) is 0.648. The number of nitrogens with one attached hydrogen (secondary N) is 1. The molecule has 5 nitrogen and oxygen atoms in total. The van der Waals surface area contributed by atoms with Crippen molar-refractivity contribution in [3.05, 3.63) is 29.6 Å². The number of carbonyl (C=O) groups is 1. The fourth-order valence-corrected chi connectivity index (χ4v) is 1.81. The Kier molecular flexibility index (Phi) is 7.71. The molecule has 0 spiro atoms. The van der Waals surface area contributed by atoms with Gasteiger partial charge in [0.15, 0.2) is 17.7 Å². The molecular formula is C15H22FNO4. The van der Waals surface area contributed by atoms with Crippen LogP contribution in [0, 0.1) is 5.82 Å². The van der Waals surface area contributed by atoms with Crippen LogP contribution < -0.4 is 10.1 Å². The molecule has 1 aromatic rings. The molecule has 6 heteroatoms. The molecule has 0 amide bonds. The van der Waals surface area contributed by atoms with Gasteiger partial charge < -0.3 is 19.9 Å². The first-order valence-electron chi connectivity index (χ1n) is 6.96. The second-order valence-electron chi connectivity index (χ2n) is 4.67. The molecule has 0 bridgehead atoms. The van der Waals surface area contributed by atoms with E-state index in [0.717, 1.165) is 5.56 Å². The van der Waals surface area contributed by atoms with E-state index in [-0.39, 0.29) is 5.75 Å². The lowest BCUT2D eigenvalue weighted by molar-refractivity contribution is -0.145. The highest BCUT2D eigenvalue weighted by atomic mass is 19.1. The van der Waals surface area contributed by atoms with Crippen LogP contribution in [0.4, 0.5) is 4.39 Å². The number of rotatable bonds is 10. The number of aliphatic carboxylic acids is 1. The first-order valence-corrected chi connectivity index (χ1v) is 6.96. The number of hydrogen-bond donors (Lipinski definition) is 2. The summed E-state index contributed by atoms with van der Waals surface area (Å²) in [5, 5.41) is 12.1. The van der Waals surface area contributed by atoms with Crippen LogP contribution in [0.2, 0.25) is 0 Å². The minimum Gasteiger partial charge on any atom is -0.479 e. The van der Waals surface area contributed by atoms with Gasteiger partial charge in [-0.15, -0.1) is 0 Å². The van der Waals surface area contributed by atoms with Gasteiger partial charge >= 0.3 is 5.97 Å². The van der Waals surface area contributed by atoms with Gasteiger partial charge in [-0.1, -0.05) is 19.4 Å². The molecule has 1 atom stereocenters. The van der Waals surface area contributed by atoms with E-state index in [1.54, 1.807) is 13.2 Å². The Balaban J connectivity index is 2.62. The van der Waals surface area contributed by atoms with E-state index >= 15 is 0 Å². The summed E-state index contributed by atoms with van der Waals surface area (Å²) in [5.41, 5.74) is 0.762. The van der Waals surface area contributed by atoms with Crippen LogP contribution in [0.5, 0.6) is 5.75 Å². The SMILES string of the molecule is CCCC(Oc1ccc(CNCCOC)cc1F)C(=O)O. The third-order valence-corrected chi connectivity index (χ3v) is 2.90. The highest BCUT2D eigenvalue weighted by Gasteiger charge is 2.19. The van der Waals surface area contributed by atoms with Gasteiger partial charge in [0.05, 0.1) is 6.61 Å². The maximum atomic E-state index is 13.9. The lowest BCUT2D eigenvalue weighted by atomic mass is 10.2. The van der Waals surface area contributed by atoms with Crippen molar-refractivity contribution in [2.24, 2.45) is 0 Å². The van der Waals surface area contributed by atoms with Gasteiger partial charge in [0, 0.05) is 20.2 Å². The summed E-state index contributed by atoms with van der Waals surface area (Å²) in [6.07, 6.45) is -0.0231. The topological polar surface area (TPSA) is 67.8 Å². The van der Waals surface area contributed by atoms with E-state index in [0.29, 0.717) is 32.5 Å². The largest absolute Gasteiger partial charge is 0.479 e. The molecule has 0 radical (unpaired) electrons. The molecule has 0 saturated heterocycles. The van der Waals surface area contributed by atoms with Crippen molar-refractivity contribution >= 4 is 5.97 Å². The Morgan fingerprint density at radius 3 is 2.81 bits per heavy atom. The van der Waals surface area contributed by atoms with Crippen molar-refractivity contribution in [3.8, 4) is 5.75 Å². The predicted octanol–water partition coefficient (Wildman–Crippen LogP) is 2.19. The number of carboxylic acid groups (broad SMARTS) is 1. The summed E-state index contributed by atoms with van der Waals surface area (Å²) in [4.78, 5) is 11.0. The molecule has 0 heterocycles. The third-order valence-electron chi connectivity index (χ3n) is 2.90. The summed E-state index contributed by atoms with van der Waals surface area (Å²) in [7, 11) is 1.61. The first-order chi connectivity index (χ1) is 10.1. The molecular weight excluding hydrogens is 277 g/mol. The monoisotopic (exact) mass is 299 g/mol. The fraction of sp³-hybridized carbons (Fsp3) is 0.533. The minimum atomic E-state index is -1.08. The summed E-state index contributed by atoms with van der Waals surface area (Å²) in [5.74, 6) is -1.67. The lowest BCUT2D eigenvalue weighted by Gasteiger charge is -2.15. The number of ether oxygens (including phenoxy) is 2. The average Bonchev–Trinajstić information content (AvgIpc) is 2.45. The van der Waals surface area contributed by atoms with E-state index in [1.807, 2.05) is 6.92 Å². The standard InChI is InChI=1S/C15H22FNO4/c1-3-4-14(15(18)19)21-13-6-5-11(9-12(13)16)10-17-7-8-20-2/h5-6,9,14,17H,3-4,7-8,10H2,1-2H3,(H,18,19). The fourth-order valence-electron chi connectivity index (χ4n) is 1.81. The molecule has 1 rings (SSSR count). The van der Waals surface area contributed by atoms with Crippen LogP contribution in [0.1, 0.15) is 25.3 Å². The Labute approximate surface area is 124 Å². The van der Waals surface area contributed by atoms with Crippen molar-refractivity contribution in [2.45, 2.75) is 32.4 Å². The van der Waals surface area contributed by atoms with Gasteiger partial charge in [0.1, 0.15) is 0 Å². The van der Waals surface area contributed by atoms with Gasteiger partial charge in [-0.25, -0.2) is 9.18 Å². The maximum Gasteiger partial charge on any atom is 0.344 e. The van der Waals surface area contributed by atoms with Crippen molar-refractivity contribution < 1.29 is 23.8 Å². The normalized spacial score (nSPS) is 12.1. The van der Waals surface area contributed by atoms with Crippen LogP contribution in [0.25, 0.3) is 0 Å². The first kappa shape index (κ1) is 17.4. The van der Waals surface area contributed by atoms with E-state index in [9.17, 15) is 9.18 Å². The second kappa shape index (κ2) is 9.31. The van der Waals surface area contributed by atoms with Crippen molar-refractivity contribution in [1.82, 2.24) is 5.32 Å². The molecule has 21 heavy (non-hydrogen) atoms.